The quantitative estimate of drug-likeness (QED) is 0.673. The highest BCUT2D eigenvalue weighted by atomic mass is 79.9. The van der Waals surface area contributed by atoms with Gasteiger partial charge in [-0.3, -0.25) is 5.84 Å². The second-order valence-electron chi connectivity index (χ2n) is 3.30. The minimum absolute atomic E-state index is 0.302. The number of furan rings is 1. The van der Waals surface area contributed by atoms with Crippen molar-refractivity contribution in [3.63, 3.8) is 0 Å². The maximum atomic E-state index is 13.4. The van der Waals surface area contributed by atoms with Crippen LogP contribution in [0.25, 0.3) is 0 Å². The summed E-state index contributed by atoms with van der Waals surface area (Å²) < 4.78 is 18.8. The van der Waals surface area contributed by atoms with Gasteiger partial charge < -0.3 is 4.42 Å². The molecule has 3 nitrogen and oxygen atoms in total. The van der Waals surface area contributed by atoms with E-state index in [9.17, 15) is 4.39 Å². The molecule has 0 fully saturated rings. The fourth-order valence-corrected chi connectivity index (χ4v) is 2.04. The molecule has 5 heteroatoms. The molecule has 0 saturated heterocycles. The number of rotatable bonds is 3. The van der Waals surface area contributed by atoms with E-state index < -0.39 is 0 Å². The molecule has 1 aromatic heterocycles. The van der Waals surface area contributed by atoms with Crippen LogP contribution in [-0.4, -0.2) is 0 Å². The summed E-state index contributed by atoms with van der Waals surface area (Å²) in [6.07, 6.45) is 3.12. The maximum Gasteiger partial charge on any atom is 0.137 e. The summed E-state index contributed by atoms with van der Waals surface area (Å²) in [5.41, 5.74) is 4.20. The first-order valence-electron chi connectivity index (χ1n) is 4.66. The van der Waals surface area contributed by atoms with E-state index in [1.165, 1.54) is 6.07 Å². The lowest BCUT2D eigenvalue weighted by atomic mass is 10.0. The lowest BCUT2D eigenvalue weighted by Gasteiger charge is -2.16. The fourth-order valence-electron chi connectivity index (χ4n) is 1.55. The van der Waals surface area contributed by atoms with E-state index in [2.05, 4.69) is 21.4 Å². The smallest absolute Gasteiger partial charge is 0.137 e. The summed E-state index contributed by atoms with van der Waals surface area (Å²) in [6.45, 7) is 0. The van der Waals surface area contributed by atoms with Gasteiger partial charge in [0.15, 0.2) is 0 Å². The van der Waals surface area contributed by atoms with E-state index in [-0.39, 0.29) is 11.9 Å². The molecule has 1 atom stereocenters. The molecular weight excluding hydrogens is 275 g/mol. The molecule has 0 bridgehead atoms. The van der Waals surface area contributed by atoms with Gasteiger partial charge in [-0.2, -0.15) is 0 Å². The zero-order valence-electron chi connectivity index (χ0n) is 8.28. The summed E-state index contributed by atoms with van der Waals surface area (Å²) in [5.74, 6) is 5.16. The monoisotopic (exact) mass is 284 g/mol. The first-order valence-corrected chi connectivity index (χ1v) is 5.45. The predicted octanol–water partition coefficient (Wildman–Crippen LogP) is 2.73. The summed E-state index contributed by atoms with van der Waals surface area (Å²) in [7, 11) is 0. The SMILES string of the molecule is NNC(c1ccoc1)c1cccc(F)c1Br. The maximum absolute atomic E-state index is 13.4. The third kappa shape index (κ3) is 2.02. The standard InChI is InChI=1S/C11H10BrFN2O/c12-10-8(2-1-3-9(10)13)11(15-14)7-4-5-16-6-7/h1-6,11,15H,14H2. The van der Waals surface area contributed by atoms with Crippen LogP contribution in [0.1, 0.15) is 17.2 Å². The normalized spacial score (nSPS) is 12.7. The number of hydrogen-bond donors (Lipinski definition) is 2. The molecule has 1 unspecified atom stereocenters. The summed E-state index contributed by atoms with van der Waals surface area (Å²) in [5, 5.41) is 0. The molecule has 0 aliphatic heterocycles. The Morgan fingerprint density at radius 3 is 2.81 bits per heavy atom. The van der Waals surface area contributed by atoms with Gasteiger partial charge in [-0.15, -0.1) is 0 Å². The number of nitrogens with one attached hydrogen (secondary N) is 1. The van der Waals surface area contributed by atoms with E-state index in [1.807, 2.05) is 0 Å². The number of hydrogen-bond acceptors (Lipinski definition) is 3. The molecule has 16 heavy (non-hydrogen) atoms. The lowest BCUT2D eigenvalue weighted by Crippen LogP contribution is -2.28. The van der Waals surface area contributed by atoms with Crippen molar-refractivity contribution in [1.82, 2.24) is 5.43 Å². The Morgan fingerprint density at radius 2 is 2.19 bits per heavy atom. The number of benzene rings is 1. The van der Waals surface area contributed by atoms with Crippen molar-refractivity contribution >= 4 is 15.9 Å². The molecule has 2 rings (SSSR count). The summed E-state index contributed by atoms with van der Waals surface area (Å²) in [4.78, 5) is 0. The third-order valence-electron chi connectivity index (χ3n) is 2.34. The molecule has 2 aromatic rings. The van der Waals surface area contributed by atoms with Crippen molar-refractivity contribution in [3.05, 3.63) is 58.2 Å². The van der Waals surface area contributed by atoms with Crippen molar-refractivity contribution in [1.29, 1.82) is 0 Å². The number of nitrogens with two attached hydrogens (primary N) is 1. The first-order chi connectivity index (χ1) is 7.74. The number of hydrazine groups is 1. The molecule has 0 radical (unpaired) electrons. The zero-order chi connectivity index (χ0) is 11.5. The predicted molar refractivity (Wildman–Crippen MR) is 62.0 cm³/mol. The van der Waals surface area contributed by atoms with Crippen LogP contribution in [0.2, 0.25) is 0 Å². The van der Waals surface area contributed by atoms with Gasteiger partial charge in [-0.1, -0.05) is 12.1 Å². The van der Waals surface area contributed by atoms with E-state index in [1.54, 1.807) is 30.7 Å². The van der Waals surface area contributed by atoms with E-state index in [0.717, 1.165) is 11.1 Å². The van der Waals surface area contributed by atoms with Gasteiger partial charge in [0.05, 0.1) is 23.0 Å². The van der Waals surface area contributed by atoms with Crippen molar-refractivity contribution in [2.24, 2.45) is 5.84 Å². The van der Waals surface area contributed by atoms with Gasteiger partial charge in [0.25, 0.3) is 0 Å². The molecule has 0 amide bonds. The highest BCUT2D eigenvalue weighted by Gasteiger charge is 2.17. The van der Waals surface area contributed by atoms with Crippen LogP contribution < -0.4 is 11.3 Å². The minimum atomic E-state index is -0.318. The molecule has 3 N–H and O–H groups in total. The van der Waals surface area contributed by atoms with Crippen LogP contribution in [0.5, 0.6) is 0 Å². The lowest BCUT2D eigenvalue weighted by molar-refractivity contribution is 0.551. The second kappa shape index (κ2) is 4.78. The van der Waals surface area contributed by atoms with Crippen LogP contribution in [0, 0.1) is 5.82 Å². The Labute approximate surface area is 101 Å². The average Bonchev–Trinajstić information content (AvgIpc) is 2.79. The Kier molecular flexibility index (Phi) is 3.38. The van der Waals surface area contributed by atoms with E-state index in [4.69, 9.17) is 10.3 Å². The molecule has 0 saturated carbocycles. The minimum Gasteiger partial charge on any atom is -0.472 e. The molecule has 1 heterocycles. The van der Waals surface area contributed by atoms with Crippen molar-refractivity contribution < 1.29 is 8.81 Å². The fraction of sp³-hybridized carbons (Fsp3) is 0.0909. The number of halogens is 2. The Balaban J connectivity index is 2.45. The first kappa shape index (κ1) is 11.3. The van der Waals surface area contributed by atoms with Gasteiger partial charge in [0.2, 0.25) is 0 Å². The Bertz CT molecular complexity index is 473. The molecule has 0 spiro atoms. The van der Waals surface area contributed by atoms with Crippen molar-refractivity contribution in [2.75, 3.05) is 0 Å². The Morgan fingerprint density at radius 1 is 1.38 bits per heavy atom. The molecule has 0 aliphatic rings. The van der Waals surface area contributed by atoms with Crippen LogP contribution in [0.15, 0.2) is 45.7 Å². The van der Waals surface area contributed by atoms with Gasteiger partial charge in [-0.05, 0) is 33.6 Å². The van der Waals surface area contributed by atoms with Gasteiger partial charge in [-0.25, -0.2) is 9.82 Å². The second-order valence-corrected chi connectivity index (χ2v) is 4.09. The largest absolute Gasteiger partial charge is 0.472 e. The molecule has 1 aromatic carbocycles. The molecular formula is C11H10BrFN2O. The van der Waals surface area contributed by atoms with Crippen molar-refractivity contribution in [2.45, 2.75) is 6.04 Å². The van der Waals surface area contributed by atoms with Crippen molar-refractivity contribution in [3.8, 4) is 0 Å². The highest BCUT2D eigenvalue weighted by Crippen LogP contribution is 2.29. The average molecular weight is 285 g/mol. The summed E-state index contributed by atoms with van der Waals surface area (Å²) in [6, 6.07) is 6.30. The van der Waals surface area contributed by atoms with Gasteiger partial charge >= 0.3 is 0 Å². The highest BCUT2D eigenvalue weighted by molar-refractivity contribution is 9.10. The van der Waals surface area contributed by atoms with Crippen LogP contribution in [0.4, 0.5) is 4.39 Å². The van der Waals surface area contributed by atoms with Crippen LogP contribution in [-0.2, 0) is 0 Å². The zero-order valence-corrected chi connectivity index (χ0v) is 9.87. The topological polar surface area (TPSA) is 51.2 Å². The van der Waals surface area contributed by atoms with Crippen LogP contribution in [0.3, 0.4) is 0 Å². The van der Waals surface area contributed by atoms with Crippen LogP contribution >= 0.6 is 15.9 Å². The summed E-state index contributed by atoms with van der Waals surface area (Å²) >= 11 is 3.21. The van der Waals surface area contributed by atoms with Gasteiger partial charge in [0.1, 0.15) is 5.82 Å². The molecule has 0 aliphatic carbocycles. The third-order valence-corrected chi connectivity index (χ3v) is 3.17. The van der Waals surface area contributed by atoms with E-state index >= 15 is 0 Å². The van der Waals surface area contributed by atoms with Gasteiger partial charge in [0, 0.05) is 5.56 Å². The molecule has 84 valence electrons. The van der Waals surface area contributed by atoms with E-state index in [0.29, 0.717) is 4.47 Å². The Hall–Kier alpha value is -1.17.